The fraction of sp³-hybridized carbons (Fsp3) is 0.471. The number of nitrogens with one attached hydrogen (secondary N) is 3. The van der Waals surface area contributed by atoms with Crippen molar-refractivity contribution in [1.82, 2.24) is 10.3 Å². The number of fused-ring (bicyclic) bond motifs is 1. The van der Waals surface area contributed by atoms with Crippen LogP contribution in [0.25, 0.3) is 10.9 Å². The van der Waals surface area contributed by atoms with Gasteiger partial charge >= 0.3 is 0 Å². The Hall–Kier alpha value is -1.33. The van der Waals surface area contributed by atoms with Gasteiger partial charge in [-0.2, -0.15) is 0 Å². The third-order valence-electron chi connectivity index (χ3n) is 4.84. The second kappa shape index (κ2) is 6.42. The number of carbonyl (C=O) groups excluding carboxylic acids is 1. The fourth-order valence-corrected chi connectivity index (χ4v) is 3.89. The lowest BCUT2D eigenvalue weighted by molar-refractivity contribution is -0.909. The Bertz CT molecular complexity index is 695. The van der Waals surface area contributed by atoms with Crippen molar-refractivity contribution < 1.29 is 9.69 Å². The van der Waals surface area contributed by atoms with Crippen LogP contribution < -0.4 is 10.2 Å². The number of carbonyl (C=O) groups is 1. The van der Waals surface area contributed by atoms with Crippen molar-refractivity contribution in [2.24, 2.45) is 0 Å². The highest BCUT2D eigenvalue weighted by Gasteiger charge is 2.27. The first-order chi connectivity index (χ1) is 10.6. The number of likely N-dealkylation sites (N-methyl/N-ethyl adjacent to an activating group) is 1. The largest absolute Gasteiger partial charge is 0.350 e. The van der Waals surface area contributed by atoms with E-state index in [9.17, 15) is 4.79 Å². The molecule has 1 amide bonds. The van der Waals surface area contributed by atoms with Gasteiger partial charge in [-0.15, -0.1) is 0 Å². The van der Waals surface area contributed by atoms with E-state index in [0.29, 0.717) is 11.7 Å². The standard InChI is InChI=1S/C17H22BrN3O/c1-3-21-8-4-5-13(21)10-19-17(22)16-11(2)14-9-12(18)6-7-15(14)20-16/h6-7,9,13,20H,3-5,8,10H2,1-2H3,(H,19,22)/p+1/t13-/m0/s1. The second-order valence-electron chi connectivity index (χ2n) is 6.13. The molecule has 1 aromatic heterocycles. The van der Waals surface area contributed by atoms with E-state index in [2.05, 4.69) is 39.2 Å². The van der Waals surface area contributed by atoms with Gasteiger partial charge in [0.05, 0.1) is 19.6 Å². The molecule has 1 saturated heterocycles. The molecule has 1 aliphatic rings. The molecule has 118 valence electrons. The summed E-state index contributed by atoms with van der Waals surface area (Å²) in [6, 6.07) is 6.61. The van der Waals surface area contributed by atoms with E-state index in [-0.39, 0.29) is 5.91 Å². The van der Waals surface area contributed by atoms with Crippen LogP contribution in [0.3, 0.4) is 0 Å². The minimum Gasteiger partial charge on any atom is -0.350 e. The summed E-state index contributed by atoms with van der Waals surface area (Å²) in [5.74, 6) is 0.00664. The number of quaternary nitrogens is 1. The lowest BCUT2D eigenvalue weighted by Gasteiger charge is -2.20. The zero-order valence-electron chi connectivity index (χ0n) is 13.1. The SMILES string of the molecule is CC[NH+]1CCC[C@H]1CNC(=O)c1[nH]c2ccc(Br)cc2c1C. The molecule has 0 spiro atoms. The summed E-state index contributed by atoms with van der Waals surface area (Å²) in [6.45, 7) is 7.35. The van der Waals surface area contributed by atoms with Crippen LogP contribution in [-0.4, -0.2) is 36.6 Å². The molecular weight excluding hydrogens is 342 g/mol. The molecule has 2 aromatic rings. The van der Waals surface area contributed by atoms with Gasteiger partial charge in [0.1, 0.15) is 11.7 Å². The number of benzene rings is 1. The van der Waals surface area contributed by atoms with Crippen molar-refractivity contribution in [1.29, 1.82) is 0 Å². The molecular formula is C17H23BrN3O+. The van der Waals surface area contributed by atoms with Crippen LogP contribution in [-0.2, 0) is 0 Å². The average Bonchev–Trinajstić information content (AvgIpc) is 3.10. The zero-order chi connectivity index (χ0) is 15.7. The van der Waals surface area contributed by atoms with E-state index in [1.54, 1.807) is 4.90 Å². The second-order valence-corrected chi connectivity index (χ2v) is 7.04. The molecule has 0 aliphatic carbocycles. The zero-order valence-corrected chi connectivity index (χ0v) is 14.7. The highest BCUT2D eigenvalue weighted by Crippen LogP contribution is 2.25. The molecule has 5 heteroatoms. The first-order valence-electron chi connectivity index (χ1n) is 8.00. The van der Waals surface area contributed by atoms with Crippen LogP contribution in [0.2, 0.25) is 0 Å². The number of H-pyrrole nitrogens is 1. The van der Waals surface area contributed by atoms with Crippen LogP contribution in [0.1, 0.15) is 35.8 Å². The molecule has 2 atom stereocenters. The van der Waals surface area contributed by atoms with Gasteiger partial charge in [-0.3, -0.25) is 4.79 Å². The lowest BCUT2D eigenvalue weighted by atomic mass is 10.1. The highest BCUT2D eigenvalue weighted by atomic mass is 79.9. The molecule has 1 aliphatic heterocycles. The molecule has 1 fully saturated rings. The van der Waals surface area contributed by atoms with Gasteiger partial charge in [-0.25, -0.2) is 0 Å². The monoisotopic (exact) mass is 364 g/mol. The molecule has 4 nitrogen and oxygen atoms in total. The summed E-state index contributed by atoms with van der Waals surface area (Å²) in [6.07, 6.45) is 2.48. The van der Waals surface area contributed by atoms with Crippen molar-refractivity contribution >= 4 is 32.7 Å². The Morgan fingerprint density at radius 1 is 1.50 bits per heavy atom. The van der Waals surface area contributed by atoms with E-state index < -0.39 is 0 Å². The number of likely N-dealkylation sites (tertiary alicyclic amines) is 1. The van der Waals surface area contributed by atoms with Gasteiger partial charge in [-0.1, -0.05) is 15.9 Å². The number of hydrogen-bond donors (Lipinski definition) is 3. The Kier molecular flexibility index (Phi) is 4.54. The maximum Gasteiger partial charge on any atom is 0.268 e. The number of aryl methyl sites for hydroxylation is 1. The van der Waals surface area contributed by atoms with E-state index in [1.165, 1.54) is 19.4 Å². The van der Waals surface area contributed by atoms with Crippen LogP contribution in [0.5, 0.6) is 0 Å². The number of aromatic nitrogens is 1. The smallest absolute Gasteiger partial charge is 0.268 e. The summed E-state index contributed by atoms with van der Waals surface area (Å²) in [5, 5.41) is 4.22. The maximum absolute atomic E-state index is 12.5. The van der Waals surface area contributed by atoms with Gasteiger partial charge in [0, 0.05) is 28.2 Å². The van der Waals surface area contributed by atoms with Gasteiger partial charge in [-0.05, 0) is 37.6 Å². The number of halogens is 1. The van der Waals surface area contributed by atoms with Crippen molar-refractivity contribution in [2.45, 2.75) is 32.7 Å². The first kappa shape index (κ1) is 15.6. The van der Waals surface area contributed by atoms with Crippen LogP contribution in [0.15, 0.2) is 22.7 Å². The highest BCUT2D eigenvalue weighted by molar-refractivity contribution is 9.10. The predicted octanol–water partition coefficient (Wildman–Crippen LogP) is 2.04. The van der Waals surface area contributed by atoms with E-state index in [4.69, 9.17) is 0 Å². The first-order valence-corrected chi connectivity index (χ1v) is 8.80. The van der Waals surface area contributed by atoms with Crippen molar-refractivity contribution in [2.75, 3.05) is 19.6 Å². The Balaban J connectivity index is 1.74. The van der Waals surface area contributed by atoms with Gasteiger partial charge in [0.2, 0.25) is 0 Å². The van der Waals surface area contributed by atoms with E-state index >= 15 is 0 Å². The number of aromatic amines is 1. The Morgan fingerprint density at radius 2 is 2.32 bits per heavy atom. The van der Waals surface area contributed by atoms with Crippen LogP contribution >= 0.6 is 15.9 Å². The summed E-state index contributed by atoms with van der Waals surface area (Å²) in [5.41, 5.74) is 2.71. The van der Waals surface area contributed by atoms with Crippen molar-refractivity contribution in [3.05, 3.63) is 33.9 Å². The van der Waals surface area contributed by atoms with Gasteiger partial charge in [0.15, 0.2) is 0 Å². The average molecular weight is 365 g/mol. The van der Waals surface area contributed by atoms with Gasteiger partial charge in [0.25, 0.3) is 5.91 Å². The van der Waals surface area contributed by atoms with Crippen molar-refractivity contribution in [3.63, 3.8) is 0 Å². The molecule has 22 heavy (non-hydrogen) atoms. The molecule has 1 unspecified atom stereocenters. The molecule has 0 radical (unpaired) electrons. The molecule has 3 rings (SSSR count). The molecule has 2 heterocycles. The van der Waals surface area contributed by atoms with Crippen LogP contribution in [0, 0.1) is 6.92 Å². The molecule has 1 aromatic carbocycles. The number of rotatable bonds is 4. The van der Waals surface area contributed by atoms with E-state index in [0.717, 1.165) is 34.0 Å². The van der Waals surface area contributed by atoms with Gasteiger partial charge < -0.3 is 15.2 Å². The summed E-state index contributed by atoms with van der Waals surface area (Å²) in [7, 11) is 0. The topological polar surface area (TPSA) is 49.3 Å². The minimum absolute atomic E-state index is 0.00664. The predicted molar refractivity (Wildman–Crippen MR) is 92.5 cm³/mol. The summed E-state index contributed by atoms with van der Waals surface area (Å²) < 4.78 is 1.03. The maximum atomic E-state index is 12.5. The van der Waals surface area contributed by atoms with Crippen molar-refractivity contribution in [3.8, 4) is 0 Å². The minimum atomic E-state index is 0.00664. The third kappa shape index (κ3) is 2.92. The Morgan fingerprint density at radius 3 is 3.09 bits per heavy atom. The van der Waals surface area contributed by atoms with E-state index in [1.807, 2.05) is 19.1 Å². The molecule has 0 bridgehead atoms. The quantitative estimate of drug-likeness (QED) is 0.763. The summed E-state index contributed by atoms with van der Waals surface area (Å²) >= 11 is 3.49. The van der Waals surface area contributed by atoms with Crippen LogP contribution in [0.4, 0.5) is 0 Å². The number of hydrogen-bond acceptors (Lipinski definition) is 1. The third-order valence-corrected chi connectivity index (χ3v) is 5.33. The fourth-order valence-electron chi connectivity index (χ4n) is 3.53. The summed E-state index contributed by atoms with van der Waals surface area (Å²) in [4.78, 5) is 17.4. The normalized spacial score (nSPS) is 21.4. The number of amides is 1. The lowest BCUT2D eigenvalue weighted by Crippen LogP contribution is -3.14. The Labute approximate surface area is 139 Å². The molecule has 0 saturated carbocycles. The molecule has 3 N–H and O–H groups in total.